The van der Waals surface area contributed by atoms with Crippen molar-refractivity contribution in [3.05, 3.63) is 23.8 Å². The summed E-state index contributed by atoms with van der Waals surface area (Å²) in [4.78, 5) is 0. The predicted molar refractivity (Wildman–Crippen MR) is 82.3 cm³/mol. The molecule has 0 saturated heterocycles. The summed E-state index contributed by atoms with van der Waals surface area (Å²) in [6, 6.07) is 5.38. The minimum Gasteiger partial charge on any atom is -0.490 e. The van der Waals surface area contributed by atoms with Gasteiger partial charge in [0, 0.05) is 19.1 Å². The van der Waals surface area contributed by atoms with Gasteiger partial charge in [-0.3, -0.25) is 5.41 Å². The van der Waals surface area contributed by atoms with Crippen molar-refractivity contribution in [3.63, 3.8) is 0 Å². The van der Waals surface area contributed by atoms with E-state index in [1.807, 2.05) is 13.0 Å². The lowest BCUT2D eigenvalue weighted by Crippen LogP contribution is -2.29. The molecule has 21 heavy (non-hydrogen) atoms. The Morgan fingerprint density at radius 2 is 2.05 bits per heavy atom. The van der Waals surface area contributed by atoms with Crippen molar-refractivity contribution in [2.45, 2.75) is 44.8 Å². The number of hydrogen-bond acceptors (Lipinski definition) is 4. The third kappa shape index (κ3) is 4.11. The first-order chi connectivity index (χ1) is 10.1. The summed E-state index contributed by atoms with van der Waals surface area (Å²) in [5.41, 5.74) is 6.16. The van der Waals surface area contributed by atoms with Gasteiger partial charge in [0.15, 0.2) is 11.5 Å². The molecule has 0 amide bonds. The average Bonchev–Trinajstić information content (AvgIpc) is 2.49. The second kappa shape index (κ2) is 7.31. The molecule has 0 spiro atoms. The maximum absolute atomic E-state index is 7.50. The van der Waals surface area contributed by atoms with E-state index in [1.165, 1.54) is 0 Å². The van der Waals surface area contributed by atoms with E-state index in [4.69, 9.17) is 25.4 Å². The zero-order chi connectivity index (χ0) is 15.2. The zero-order valence-corrected chi connectivity index (χ0v) is 12.7. The third-order valence-corrected chi connectivity index (χ3v) is 3.76. The standard InChI is InChI=1S/C16H24N2O3/c1-3-20-15-9-11(16(17)18)7-8-14(15)21-13-6-4-5-12(10-13)19-2/h7-9,12-13H,3-6,10H2,1-2H3,(H3,17,18). The number of ether oxygens (including phenoxy) is 3. The average molecular weight is 292 g/mol. The van der Waals surface area contributed by atoms with Gasteiger partial charge in [0.2, 0.25) is 0 Å². The van der Waals surface area contributed by atoms with Gasteiger partial charge in [-0.15, -0.1) is 0 Å². The monoisotopic (exact) mass is 292 g/mol. The van der Waals surface area contributed by atoms with Gasteiger partial charge in [0.1, 0.15) is 11.9 Å². The minimum atomic E-state index is 0.0274. The molecule has 0 radical (unpaired) electrons. The zero-order valence-electron chi connectivity index (χ0n) is 12.7. The van der Waals surface area contributed by atoms with Crippen LogP contribution in [0.3, 0.4) is 0 Å². The Hall–Kier alpha value is -1.75. The van der Waals surface area contributed by atoms with Crippen LogP contribution in [0, 0.1) is 5.41 Å². The second-order valence-electron chi connectivity index (χ2n) is 5.27. The van der Waals surface area contributed by atoms with Gasteiger partial charge in [0.05, 0.1) is 12.7 Å². The molecule has 5 nitrogen and oxygen atoms in total. The van der Waals surface area contributed by atoms with E-state index in [9.17, 15) is 0 Å². The molecule has 1 aliphatic rings. The SMILES string of the molecule is CCOc1cc(C(=N)N)ccc1OC1CCCC(OC)C1. The summed E-state index contributed by atoms with van der Waals surface area (Å²) < 4.78 is 17.1. The summed E-state index contributed by atoms with van der Waals surface area (Å²) >= 11 is 0. The molecule has 2 rings (SSSR count). The highest BCUT2D eigenvalue weighted by Gasteiger charge is 2.24. The summed E-state index contributed by atoms with van der Waals surface area (Å²) in [5, 5.41) is 7.50. The van der Waals surface area contributed by atoms with Crippen LogP contribution in [0.4, 0.5) is 0 Å². The summed E-state index contributed by atoms with van der Waals surface area (Å²) in [6.07, 6.45) is 4.55. The predicted octanol–water partition coefficient (Wildman–Crippen LogP) is 2.71. The highest BCUT2D eigenvalue weighted by atomic mass is 16.5. The number of nitrogens with one attached hydrogen (secondary N) is 1. The lowest BCUT2D eigenvalue weighted by atomic mass is 9.95. The molecule has 1 fully saturated rings. The maximum Gasteiger partial charge on any atom is 0.161 e. The highest BCUT2D eigenvalue weighted by Crippen LogP contribution is 2.32. The van der Waals surface area contributed by atoms with Gasteiger partial charge < -0.3 is 19.9 Å². The lowest BCUT2D eigenvalue weighted by Gasteiger charge is -2.29. The maximum atomic E-state index is 7.50. The number of rotatable bonds is 6. The van der Waals surface area contributed by atoms with Crippen molar-refractivity contribution in [2.24, 2.45) is 5.73 Å². The molecule has 0 bridgehead atoms. The molecule has 1 aromatic carbocycles. The number of nitrogen functional groups attached to an aromatic ring is 1. The van der Waals surface area contributed by atoms with E-state index in [0.29, 0.717) is 23.7 Å². The molecule has 1 saturated carbocycles. The van der Waals surface area contributed by atoms with Crippen LogP contribution in [0.1, 0.15) is 38.2 Å². The van der Waals surface area contributed by atoms with Gasteiger partial charge in [-0.25, -0.2) is 0 Å². The van der Waals surface area contributed by atoms with Crippen LogP contribution in [-0.4, -0.2) is 31.8 Å². The number of methoxy groups -OCH3 is 1. The van der Waals surface area contributed by atoms with Crippen molar-refractivity contribution in [1.29, 1.82) is 5.41 Å². The Kier molecular flexibility index (Phi) is 5.44. The van der Waals surface area contributed by atoms with Crippen molar-refractivity contribution in [3.8, 4) is 11.5 Å². The van der Waals surface area contributed by atoms with Gasteiger partial charge >= 0.3 is 0 Å². The highest BCUT2D eigenvalue weighted by molar-refractivity contribution is 5.95. The molecule has 2 atom stereocenters. The fourth-order valence-corrected chi connectivity index (χ4v) is 2.64. The topological polar surface area (TPSA) is 77.6 Å². The molecular weight excluding hydrogens is 268 g/mol. The van der Waals surface area contributed by atoms with E-state index in [1.54, 1.807) is 19.2 Å². The molecule has 0 aromatic heterocycles. The lowest BCUT2D eigenvalue weighted by molar-refractivity contribution is 0.0200. The van der Waals surface area contributed by atoms with E-state index in [2.05, 4.69) is 0 Å². The van der Waals surface area contributed by atoms with Crippen LogP contribution in [0.25, 0.3) is 0 Å². The molecule has 3 N–H and O–H groups in total. The first kappa shape index (κ1) is 15.6. The molecule has 2 unspecified atom stereocenters. The third-order valence-electron chi connectivity index (χ3n) is 3.76. The first-order valence-corrected chi connectivity index (χ1v) is 7.44. The molecule has 5 heteroatoms. The smallest absolute Gasteiger partial charge is 0.161 e. The Morgan fingerprint density at radius 3 is 2.71 bits per heavy atom. The normalized spacial score (nSPS) is 21.8. The Morgan fingerprint density at radius 1 is 1.29 bits per heavy atom. The fraction of sp³-hybridized carbons (Fsp3) is 0.562. The van der Waals surface area contributed by atoms with Crippen LogP contribution < -0.4 is 15.2 Å². The largest absolute Gasteiger partial charge is 0.490 e. The molecule has 1 aliphatic carbocycles. The molecule has 1 aromatic rings. The van der Waals surface area contributed by atoms with E-state index in [0.717, 1.165) is 25.7 Å². The molecule has 0 aliphatic heterocycles. The van der Waals surface area contributed by atoms with Crippen molar-refractivity contribution in [2.75, 3.05) is 13.7 Å². The molecule has 116 valence electrons. The second-order valence-corrected chi connectivity index (χ2v) is 5.27. The number of benzene rings is 1. The Bertz CT molecular complexity index is 490. The van der Waals surface area contributed by atoms with Crippen LogP contribution in [0.2, 0.25) is 0 Å². The van der Waals surface area contributed by atoms with Crippen molar-refractivity contribution >= 4 is 5.84 Å². The number of nitrogens with two attached hydrogens (primary N) is 1. The van der Waals surface area contributed by atoms with Crippen LogP contribution in [0.5, 0.6) is 11.5 Å². The van der Waals surface area contributed by atoms with Crippen LogP contribution in [-0.2, 0) is 4.74 Å². The first-order valence-electron chi connectivity index (χ1n) is 7.44. The van der Waals surface area contributed by atoms with Gasteiger partial charge in [-0.2, -0.15) is 0 Å². The minimum absolute atomic E-state index is 0.0274. The fourth-order valence-electron chi connectivity index (χ4n) is 2.64. The van der Waals surface area contributed by atoms with Crippen molar-refractivity contribution in [1.82, 2.24) is 0 Å². The Balaban J connectivity index is 2.12. The molecular formula is C16H24N2O3. The van der Waals surface area contributed by atoms with Gasteiger partial charge in [-0.1, -0.05) is 0 Å². The van der Waals surface area contributed by atoms with E-state index >= 15 is 0 Å². The quantitative estimate of drug-likeness (QED) is 0.624. The van der Waals surface area contributed by atoms with Gasteiger partial charge in [-0.05, 0) is 44.4 Å². The summed E-state index contributed by atoms with van der Waals surface area (Å²) in [5.74, 6) is 1.38. The van der Waals surface area contributed by atoms with Crippen molar-refractivity contribution < 1.29 is 14.2 Å². The number of hydrogen-bond donors (Lipinski definition) is 2. The van der Waals surface area contributed by atoms with Crippen LogP contribution in [0.15, 0.2) is 18.2 Å². The number of amidine groups is 1. The Labute approximate surface area is 125 Å². The van der Waals surface area contributed by atoms with E-state index in [-0.39, 0.29) is 18.0 Å². The molecule has 0 heterocycles. The van der Waals surface area contributed by atoms with Crippen LogP contribution >= 0.6 is 0 Å². The van der Waals surface area contributed by atoms with Gasteiger partial charge in [0.25, 0.3) is 0 Å². The summed E-state index contributed by atoms with van der Waals surface area (Å²) in [7, 11) is 1.75. The van der Waals surface area contributed by atoms with E-state index < -0.39 is 0 Å². The summed E-state index contributed by atoms with van der Waals surface area (Å²) in [6.45, 7) is 2.47.